The summed E-state index contributed by atoms with van der Waals surface area (Å²) in [5, 5.41) is 0. The molecule has 0 aliphatic heterocycles. The van der Waals surface area contributed by atoms with Gasteiger partial charge in [0.25, 0.3) is 0 Å². The summed E-state index contributed by atoms with van der Waals surface area (Å²) < 4.78 is 12.8. The van der Waals surface area contributed by atoms with Crippen LogP contribution < -0.4 is 5.73 Å². The van der Waals surface area contributed by atoms with E-state index in [0.29, 0.717) is 5.82 Å². The fourth-order valence-electron chi connectivity index (χ4n) is 1.89. The molecule has 0 atom stereocenters. The second kappa shape index (κ2) is 6.29. The van der Waals surface area contributed by atoms with Gasteiger partial charge < -0.3 is 10.6 Å². The Hall–Kier alpha value is -1.94. The largest absolute Gasteiger partial charge is 0.384 e. The van der Waals surface area contributed by atoms with Crippen molar-refractivity contribution in [3.05, 3.63) is 59.5 Å². The number of hydrogen-bond acceptors (Lipinski definition) is 3. The molecule has 0 fully saturated rings. The maximum Gasteiger partial charge on any atom is 0.123 e. The predicted octanol–water partition coefficient (Wildman–Crippen LogP) is 2.48. The molecule has 1 aromatic carbocycles. The summed E-state index contributed by atoms with van der Waals surface area (Å²) >= 11 is 0. The number of benzene rings is 1. The lowest BCUT2D eigenvalue weighted by Crippen LogP contribution is -2.20. The first-order chi connectivity index (χ1) is 9.13. The molecule has 100 valence electrons. The molecule has 1 heterocycles. The Bertz CT molecular complexity index is 508. The molecule has 0 amide bonds. The normalized spacial score (nSPS) is 10.9. The average Bonchev–Trinajstić information content (AvgIpc) is 2.41. The second-order valence-corrected chi connectivity index (χ2v) is 4.71. The van der Waals surface area contributed by atoms with Gasteiger partial charge in [0, 0.05) is 19.3 Å². The van der Waals surface area contributed by atoms with Crippen molar-refractivity contribution in [3.8, 4) is 0 Å². The monoisotopic (exact) mass is 259 g/mol. The van der Waals surface area contributed by atoms with Crippen LogP contribution in [0.15, 0.2) is 42.6 Å². The van der Waals surface area contributed by atoms with Gasteiger partial charge in [-0.15, -0.1) is 0 Å². The molecule has 0 spiro atoms. The molecule has 0 aliphatic carbocycles. The molecule has 2 rings (SSSR count). The lowest BCUT2D eigenvalue weighted by Gasteiger charge is -2.16. The zero-order chi connectivity index (χ0) is 13.7. The highest BCUT2D eigenvalue weighted by molar-refractivity contribution is 5.29. The van der Waals surface area contributed by atoms with E-state index in [1.54, 1.807) is 6.20 Å². The third-order valence-electron chi connectivity index (χ3n) is 3.00. The third kappa shape index (κ3) is 4.34. The lowest BCUT2D eigenvalue weighted by atomic mass is 10.1. The molecule has 0 unspecified atom stereocenters. The highest BCUT2D eigenvalue weighted by atomic mass is 19.1. The van der Waals surface area contributed by atoms with Crippen LogP contribution in [0, 0.1) is 5.82 Å². The number of nitrogens with zero attached hydrogens (tertiary/aromatic N) is 2. The summed E-state index contributed by atoms with van der Waals surface area (Å²) in [5.41, 5.74) is 7.83. The standard InChI is InChI=1S/C15H18FN3/c1-19(11-13-4-7-15(17)18-10-13)9-8-12-2-5-14(16)6-3-12/h2-7,10H,8-9,11H2,1H3,(H2,17,18). The molecule has 2 N–H and O–H groups in total. The number of rotatable bonds is 5. The van der Waals surface area contributed by atoms with Crippen molar-refractivity contribution < 1.29 is 4.39 Å². The summed E-state index contributed by atoms with van der Waals surface area (Å²) in [4.78, 5) is 6.27. The summed E-state index contributed by atoms with van der Waals surface area (Å²) in [5.74, 6) is 0.350. The van der Waals surface area contributed by atoms with E-state index in [2.05, 4.69) is 16.9 Å². The quantitative estimate of drug-likeness (QED) is 0.897. The molecule has 2 aromatic rings. The SMILES string of the molecule is CN(CCc1ccc(F)cc1)Cc1ccc(N)nc1. The Kier molecular flexibility index (Phi) is 4.47. The number of hydrogen-bond donors (Lipinski definition) is 1. The van der Waals surface area contributed by atoms with Gasteiger partial charge in [-0.3, -0.25) is 0 Å². The van der Waals surface area contributed by atoms with Crippen molar-refractivity contribution in [1.29, 1.82) is 0 Å². The van der Waals surface area contributed by atoms with Crippen molar-refractivity contribution in [2.45, 2.75) is 13.0 Å². The minimum atomic E-state index is -0.190. The van der Waals surface area contributed by atoms with E-state index in [0.717, 1.165) is 30.6 Å². The number of nitrogens with two attached hydrogens (primary N) is 1. The van der Waals surface area contributed by atoms with Crippen molar-refractivity contribution in [3.63, 3.8) is 0 Å². The van der Waals surface area contributed by atoms with Crippen molar-refractivity contribution in [1.82, 2.24) is 9.88 Å². The summed E-state index contributed by atoms with van der Waals surface area (Å²) in [6.07, 6.45) is 2.70. The van der Waals surface area contributed by atoms with Gasteiger partial charge in [-0.25, -0.2) is 9.37 Å². The number of likely N-dealkylation sites (N-methyl/N-ethyl adjacent to an activating group) is 1. The van der Waals surface area contributed by atoms with Crippen molar-refractivity contribution in [2.75, 3.05) is 19.3 Å². The van der Waals surface area contributed by atoms with Crippen LogP contribution in [0.4, 0.5) is 10.2 Å². The van der Waals surface area contributed by atoms with Gasteiger partial charge in [0.1, 0.15) is 11.6 Å². The number of nitrogen functional groups attached to an aromatic ring is 1. The summed E-state index contributed by atoms with van der Waals surface area (Å²) in [6.45, 7) is 1.74. The number of pyridine rings is 1. The molecular weight excluding hydrogens is 241 g/mol. The number of aromatic nitrogens is 1. The van der Waals surface area contributed by atoms with Gasteiger partial charge in [-0.1, -0.05) is 18.2 Å². The molecule has 4 heteroatoms. The van der Waals surface area contributed by atoms with Crippen LogP contribution in [0.2, 0.25) is 0 Å². The Balaban J connectivity index is 1.82. The minimum Gasteiger partial charge on any atom is -0.384 e. The van der Waals surface area contributed by atoms with Crippen LogP contribution in [0.3, 0.4) is 0 Å². The molecule has 0 saturated heterocycles. The number of anilines is 1. The van der Waals surface area contributed by atoms with Gasteiger partial charge >= 0.3 is 0 Å². The van der Waals surface area contributed by atoms with E-state index < -0.39 is 0 Å². The van der Waals surface area contributed by atoms with E-state index in [4.69, 9.17) is 5.73 Å². The van der Waals surface area contributed by atoms with Crippen LogP contribution in [-0.2, 0) is 13.0 Å². The molecule has 19 heavy (non-hydrogen) atoms. The van der Waals surface area contributed by atoms with Crippen LogP contribution in [0.1, 0.15) is 11.1 Å². The highest BCUT2D eigenvalue weighted by Gasteiger charge is 2.02. The van der Waals surface area contributed by atoms with Gasteiger partial charge in [-0.05, 0) is 42.8 Å². The summed E-state index contributed by atoms with van der Waals surface area (Å²) in [6, 6.07) is 10.4. The lowest BCUT2D eigenvalue weighted by molar-refractivity contribution is 0.331. The maximum absolute atomic E-state index is 12.8. The minimum absolute atomic E-state index is 0.190. The van der Waals surface area contributed by atoms with Gasteiger partial charge in [0.15, 0.2) is 0 Å². The molecule has 3 nitrogen and oxygen atoms in total. The zero-order valence-corrected chi connectivity index (χ0v) is 11.0. The van der Waals surface area contributed by atoms with Crippen LogP contribution in [0.5, 0.6) is 0 Å². The summed E-state index contributed by atoms with van der Waals surface area (Å²) in [7, 11) is 2.06. The van der Waals surface area contributed by atoms with Gasteiger partial charge in [-0.2, -0.15) is 0 Å². The maximum atomic E-state index is 12.8. The Morgan fingerprint density at radius 1 is 1.11 bits per heavy atom. The van der Waals surface area contributed by atoms with Gasteiger partial charge in [0.05, 0.1) is 0 Å². The zero-order valence-electron chi connectivity index (χ0n) is 11.0. The van der Waals surface area contributed by atoms with E-state index in [1.807, 2.05) is 24.3 Å². The third-order valence-corrected chi connectivity index (χ3v) is 3.00. The average molecular weight is 259 g/mol. The number of halogens is 1. The van der Waals surface area contributed by atoms with Crippen molar-refractivity contribution >= 4 is 5.82 Å². The van der Waals surface area contributed by atoms with Crippen LogP contribution >= 0.6 is 0 Å². The first kappa shape index (κ1) is 13.5. The molecule has 0 saturated carbocycles. The van der Waals surface area contributed by atoms with Crippen LogP contribution in [0.25, 0.3) is 0 Å². The Morgan fingerprint density at radius 2 is 1.79 bits per heavy atom. The van der Waals surface area contributed by atoms with Crippen molar-refractivity contribution in [2.24, 2.45) is 0 Å². The topological polar surface area (TPSA) is 42.1 Å². The van der Waals surface area contributed by atoms with E-state index in [1.165, 1.54) is 12.1 Å². The fraction of sp³-hybridized carbons (Fsp3) is 0.267. The molecule has 1 aromatic heterocycles. The first-order valence-electron chi connectivity index (χ1n) is 6.27. The predicted molar refractivity (Wildman–Crippen MR) is 75.1 cm³/mol. The first-order valence-corrected chi connectivity index (χ1v) is 6.27. The van der Waals surface area contributed by atoms with E-state index in [9.17, 15) is 4.39 Å². The fourth-order valence-corrected chi connectivity index (χ4v) is 1.89. The molecule has 0 radical (unpaired) electrons. The van der Waals surface area contributed by atoms with E-state index in [-0.39, 0.29) is 5.82 Å². The molecular formula is C15H18FN3. The smallest absolute Gasteiger partial charge is 0.123 e. The Morgan fingerprint density at radius 3 is 2.42 bits per heavy atom. The molecule has 0 bridgehead atoms. The Labute approximate surface area is 112 Å². The van der Waals surface area contributed by atoms with Gasteiger partial charge in [0.2, 0.25) is 0 Å². The van der Waals surface area contributed by atoms with Crippen LogP contribution in [-0.4, -0.2) is 23.5 Å². The molecule has 0 aliphatic rings. The highest BCUT2D eigenvalue weighted by Crippen LogP contribution is 2.07. The second-order valence-electron chi connectivity index (χ2n) is 4.71. The van der Waals surface area contributed by atoms with E-state index >= 15 is 0 Å².